The Kier molecular flexibility index (Phi) is 12.1. The maximum atomic E-state index is 14.7. The van der Waals surface area contributed by atoms with Gasteiger partial charge >= 0.3 is 0 Å². The van der Waals surface area contributed by atoms with Crippen molar-refractivity contribution in [2.75, 3.05) is 10.8 Å². The van der Waals surface area contributed by atoms with Gasteiger partial charge in [0.05, 0.1) is 10.6 Å². The largest absolute Gasteiger partial charge is 0.352 e. The Hall–Kier alpha value is -3.56. The van der Waals surface area contributed by atoms with E-state index in [0.717, 1.165) is 47.5 Å². The number of rotatable bonds is 12. The Morgan fingerprint density at radius 3 is 2.12 bits per heavy atom. The van der Waals surface area contributed by atoms with Crippen LogP contribution in [0.25, 0.3) is 0 Å². The summed E-state index contributed by atoms with van der Waals surface area (Å²) in [5.74, 6) is -0.870. The molecule has 0 bridgehead atoms. The molecule has 11 heteroatoms. The van der Waals surface area contributed by atoms with Crippen molar-refractivity contribution in [1.29, 1.82) is 0 Å². The summed E-state index contributed by atoms with van der Waals surface area (Å²) in [5.41, 5.74) is 2.65. The highest BCUT2D eigenvalue weighted by Crippen LogP contribution is 2.28. The number of carbonyl (C=O) groups is 2. The number of nitrogens with one attached hydrogen (secondary N) is 1. The van der Waals surface area contributed by atoms with Crippen molar-refractivity contribution < 1.29 is 18.0 Å². The van der Waals surface area contributed by atoms with Crippen LogP contribution >= 0.6 is 34.8 Å². The maximum Gasteiger partial charge on any atom is 0.264 e. The number of aryl methyl sites for hydroxylation is 1. The van der Waals surface area contributed by atoms with Gasteiger partial charge in [0.15, 0.2) is 0 Å². The molecule has 0 aliphatic heterocycles. The number of nitrogens with zero attached hydrogens (tertiary/aromatic N) is 2. The first-order valence-electron chi connectivity index (χ1n) is 15.9. The van der Waals surface area contributed by atoms with Crippen LogP contribution in [0.1, 0.15) is 48.8 Å². The van der Waals surface area contributed by atoms with E-state index >= 15 is 0 Å². The van der Waals surface area contributed by atoms with Crippen LogP contribution in [0.3, 0.4) is 0 Å². The van der Waals surface area contributed by atoms with Gasteiger partial charge in [0.2, 0.25) is 11.8 Å². The van der Waals surface area contributed by atoms with E-state index in [1.54, 1.807) is 42.5 Å². The lowest BCUT2D eigenvalue weighted by Crippen LogP contribution is -2.55. The fraction of sp³-hybridized carbons (Fsp3) is 0.297. The fourth-order valence-corrected chi connectivity index (χ4v) is 7.91. The first-order chi connectivity index (χ1) is 23.0. The molecule has 0 radical (unpaired) electrons. The van der Waals surface area contributed by atoms with Crippen molar-refractivity contribution in [3.8, 4) is 0 Å². The number of anilines is 1. The van der Waals surface area contributed by atoms with Crippen LogP contribution in [0, 0.1) is 6.92 Å². The lowest BCUT2D eigenvalue weighted by molar-refractivity contribution is -0.140. The van der Waals surface area contributed by atoms with E-state index in [0.29, 0.717) is 26.3 Å². The number of halogens is 3. The smallest absolute Gasteiger partial charge is 0.264 e. The van der Waals surface area contributed by atoms with Gasteiger partial charge in [-0.1, -0.05) is 108 Å². The van der Waals surface area contributed by atoms with E-state index < -0.39 is 28.5 Å². The molecule has 4 aromatic carbocycles. The van der Waals surface area contributed by atoms with Gasteiger partial charge in [0, 0.05) is 34.1 Å². The Morgan fingerprint density at radius 1 is 0.833 bits per heavy atom. The molecule has 7 nitrogen and oxygen atoms in total. The van der Waals surface area contributed by atoms with E-state index in [9.17, 15) is 18.0 Å². The molecule has 1 atom stereocenters. The molecule has 0 aromatic heterocycles. The predicted molar refractivity (Wildman–Crippen MR) is 193 cm³/mol. The van der Waals surface area contributed by atoms with E-state index in [-0.39, 0.29) is 29.8 Å². The molecule has 48 heavy (non-hydrogen) atoms. The molecule has 0 unspecified atom stereocenters. The normalized spacial score (nSPS) is 14.2. The monoisotopic (exact) mass is 725 g/mol. The van der Waals surface area contributed by atoms with E-state index in [4.69, 9.17) is 34.8 Å². The van der Waals surface area contributed by atoms with Crippen molar-refractivity contribution >= 4 is 62.3 Å². The van der Waals surface area contributed by atoms with Gasteiger partial charge in [-0.05, 0) is 79.4 Å². The minimum atomic E-state index is -4.24. The van der Waals surface area contributed by atoms with Crippen LogP contribution in [0.2, 0.25) is 15.1 Å². The van der Waals surface area contributed by atoms with Gasteiger partial charge in [-0.15, -0.1) is 0 Å². The predicted octanol–water partition coefficient (Wildman–Crippen LogP) is 8.24. The molecule has 2 amide bonds. The summed E-state index contributed by atoms with van der Waals surface area (Å²) < 4.78 is 29.5. The third kappa shape index (κ3) is 9.11. The first-order valence-corrected chi connectivity index (χ1v) is 18.5. The summed E-state index contributed by atoms with van der Waals surface area (Å²) in [6, 6.07) is 26.1. The highest BCUT2D eigenvalue weighted by molar-refractivity contribution is 7.92. The van der Waals surface area contributed by atoms with Crippen LogP contribution in [-0.2, 0) is 32.6 Å². The number of carbonyl (C=O) groups excluding carboxylic acids is 2. The van der Waals surface area contributed by atoms with Gasteiger partial charge in [0.1, 0.15) is 12.6 Å². The summed E-state index contributed by atoms with van der Waals surface area (Å²) in [7, 11) is -4.24. The Bertz CT molecular complexity index is 1820. The Labute approximate surface area is 297 Å². The highest BCUT2D eigenvalue weighted by Gasteiger charge is 2.35. The van der Waals surface area contributed by atoms with E-state index in [1.807, 2.05) is 37.3 Å². The highest BCUT2D eigenvalue weighted by atomic mass is 35.5. The summed E-state index contributed by atoms with van der Waals surface area (Å²) in [4.78, 5) is 30.3. The quantitative estimate of drug-likeness (QED) is 0.159. The van der Waals surface area contributed by atoms with Gasteiger partial charge in [-0.25, -0.2) is 8.42 Å². The number of amides is 2. The third-order valence-corrected chi connectivity index (χ3v) is 11.2. The second kappa shape index (κ2) is 16.2. The van der Waals surface area contributed by atoms with Crippen molar-refractivity contribution in [1.82, 2.24) is 10.2 Å². The Balaban J connectivity index is 1.57. The fourth-order valence-electron chi connectivity index (χ4n) is 5.91. The second-order valence-corrected chi connectivity index (χ2v) is 15.2. The van der Waals surface area contributed by atoms with Crippen molar-refractivity contribution in [2.24, 2.45) is 0 Å². The van der Waals surface area contributed by atoms with E-state index in [1.165, 1.54) is 29.2 Å². The minimum Gasteiger partial charge on any atom is -0.352 e. The molecule has 252 valence electrons. The van der Waals surface area contributed by atoms with Crippen molar-refractivity contribution in [2.45, 2.75) is 69.0 Å². The SMILES string of the molecule is Cc1ccc(N(CC(=O)N(Cc2ccc(Cl)cc2Cl)[C@@H](Cc2ccccc2)C(=O)NC2CCCCC2)S(=O)(=O)c2ccc(Cl)cc2)cc1. The Morgan fingerprint density at radius 2 is 1.48 bits per heavy atom. The summed E-state index contributed by atoms with van der Waals surface area (Å²) in [6.45, 7) is 1.28. The molecule has 0 heterocycles. The van der Waals surface area contributed by atoms with Gasteiger partial charge in [0.25, 0.3) is 10.0 Å². The van der Waals surface area contributed by atoms with Crippen molar-refractivity contribution in [3.63, 3.8) is 0 Å². The van der Waals surface area contributed by atoms with Crippen LogP contribution in [0.5, 0.6) is 0 Å². The van der Waals surface area contributed by atoms with E-state index in [2.05, 4.69) is 5.32 Å². The van der Waals surface area contributed by atoms with Crippen LogP contribution in [0.15, 0.2) is 102 Å². The molecular formula is C37H38Cl3N3O4S. The minimum absolute atomic E-state index is 0.00469. The zero-order valence-corrected chi connectivity index (χ0v) is 29.7. The molecule has 1 aliphatic rings. The number of sulfonamides is 1. The van der Waals surface area contributed by atoms with Gasteiger partial charge < -0.3 is 10.2 Å². The number of benzene rings is 4. The zero-order valence-electron chi connectivity index (χ0n) is 26.6. The third-order valence-electron chi connectivity index (χ3n) is 8.58. The standard InChI is InChI=1S/C37H38Cl3N3O4S/c1-26-12-18-32(19-13-26)43(48(46,47)33-20-16-29(38)17-21-33)25-36(44)42(24-28-14-15-30(39)23-34(28)40)35(22-27-8-4-2-5-9-27)37(45)41-31-10-6-3-7-11-31/h2,4-5,8-9,12-21,23,31,35H,3,6-7,10-11,22,24-25H2,1H3,(H,41,45)/t35-/m0/s1. The summed E-state index contributed by atoms with van der Waals surface area (Å²) in [5, 5.41) is 4.34. The molecule has 4 aromatic rings. The van der Waals surface area contributed by atoms with Crippen LogP contribution in [0.4, 0.5) is 5.69 Å². The topological polar surface area (TPSA) is 86.8 Å². The van der Waals surface area contributed by atoms with Gasteiger partial charge in [-0.2, -0.15) is 0 Å². The maximum absolute atomic E-state index is 14.7. The lowest BCUT2D eigenvalue weighted by atomic mass is 9.94. The molecule has 1 fully saturated rings. The molecule has 1 aliphatic carbocycles. The van der Waals surface area contributed by atoms with Crippen molar-refractivity contribution in [3.05, 3.63) is 129 Å². The molecule has 1 saturated carbocycles. The zero-order chi connectivity index (χ0) is 34.3. The molecular weight excluding hydrogens is 689 g/mol. The molecule has 0 saturated heterocycles. The van der Waals surface area contributed by atoms with Gasteiger partial charge in [-0.3, -0.25) is 13.9 Å². The number of hydrogen-bond acceptors (Lipinski definition) is 4. The summed E-state index contributed by atoms with van der Waals surface area (Å²) >= 11 is 18.9. The lowest BCUT2D eigenvalue weighted by Gasteiger charge is -2.35. The first kappa shape index (κ1) is 35.7. The molecule has 1 N–H and O–H groups in total. The molecule has 0 spiro atoms. The summed E-state index contributed by atoms with van der Waals surface area (Å²) in [6.07, 6.45) is 5.10. The second-order valence-electron chi connectivity index (χ2n) is 12.1. The van der Waals surface area contributed by atoms with Crippen LogP contribution in [-0.4, -0.2) is 43.8 Å². The number of hydrogen-bond donors (Lipinski definition) is 1. The van der Waals surface area contributed by atoms with Crippen LogP contribution < -0.4 is 9.62 Å². The molecule has 5 rings (SSSR count). The average Bonchev–Trinajstić information content (AvgIpc) is 3.07. The average molecular weight is 727 g/mol.